The van der Waals surface area contributed by atoms with E-state index in [0.717, 1.165) is 37.2 Å². The highest BCUT2D eigenvalue weighted by Crippen LogP contribution is 2.37. The van der Waals surface area contributed by atoms with Crippen molar-refractivity contribution in [2.75, 3.05) is 32.7 Å². The molecule has 2 aromatic carbocycles. The molecule has 1 N–H and O–H groups in total. The topological polar surface area (TPSA) is 57.6 Å². The van der Waals surface area contributed by atoms with Crippen molar-refractivity contribution < 1.29 is 4.79 Å². The summed E-state index contributed by atoms with van der Waals surface area (Å²) in [5, 5.41) is 3.45. The Labute approximate surface area is 213 Å². The Hall–Kier alpha value is -3.38. The number of urea groups is 1. The first-order valence-electron chi connectivity index (χ1n) is 13.0. The Balaban J connectivity index is 1.27. The molecule has 5 rings (SSSR count). The summed E-state index contributed by atoms with van der Waals surface area (Å²) in [5.74, 6) is 0.315. The van der Waals surface area contributed by atoms with Gasteiger partial charge >= 0.3 is 6.03 Å². The van der Waals surface area contributed by atoms with E-state index >= 15 is 0 Å². The molecular weight excluding hydrogens is 448 g/mol. The lowest BCUT2D eigenvalue weighted by Gasteiger charge is -2.47. The molecule has 0 saturated carbocycles. The predicted molar refractivity (Wildman–Crippen MR) is 144 cm³/mol. The molecule has 36 heavy (non-hydrogen) atoms. The summed E-state index contributed by atoms with van der Waals surface area (Å²) >= 11 is 0. The van der Waals surface area contributed by atoms with Crippen molar-refractivity contribution in [3.05, 3.63) is 94.9 Å². The van der Waals surface area contributed by atoms with Crippen LogP contribution in [0.5, 0.6) is 0 Å². The second-order valence-corrected chi connectivity index (χ2v) is 10.8. The third-order valence-electron chi connectivity index (χ3n) is 7.92. The maximum Gasteiger partial charge on any atom is 0.320 e. The van der Waals surface area contributed by atoms with Crippen molar-refractivity contribution in [2.45, 2.75) is 32.9 Å². The number of hydrogen-bond donors (Lipinski definition) is 1. The minimum Gasteiger partial charge on any atom is -0.324 e. The van der Waals surface area contributed by atoms with Gasteiger partial charge in [-0.3, -0.25) is 4.79 Å². The number of carbonyl (C=O) groups is 1. The summed E-state index contributed by atoms with van der Waals surface area (Å²) in [6.45, 7) is 8.84. The largest absolute Gasteiger partial charge is 0.324 e. The molecule has 6 nitrogen and oxygen atoms in total. The van der Waals surface area contributed by atoms with Crippen molar-refractivity contribution in [3.63, 3.8) is 0 Å². The van der Waals surface area contributed by atoms with E-state index in [0.29, 0.717) is 25.6 Å². The fraction of sp³-hybridized carbons (Fsp3) is 0.400. The van der Waals surface area contributed by atoms with Gasteiger partial charge in [-0.25, -0.2) is 4.79 Å². The van der Waals surface area contributed by atoms with E-state index in [-0.39, 0.29) is 23.0 Å². The number of carbonyl (C=O) groups excluding carboxylic acids is 1. The van der Waals surface area contributed by atoms with Crippen LogP contribution in [0.3, 0.4) is 0 Å². The Bertz CT molecular complexity index is 1240. The van der Waals surface area contributed by atoms with Crippen molar-refractivity contribution >= 4 is 6.03 Å². The smallest absolute Gasteiger partial charge is 0.320 e. The molecule has 0 spiro atoms. The third-order valence-corrected chi connectivity index (χ3v) is 7.92. The highest BCUT2D eigenvalue weighted by atomic mass is 16.2. The first-order chi connectivity index (χ1) is 17.4. The summed E-state index contributed by atoms with van der Waals surface area (Å²) in [5.41, 5.74) is 3.10. The lowest BCUT2D eigenvalue weighted by molar-refractivity contribution is 0.0421. The summed E-state index contributed by atoms with van der Waals surface area (Å²) in [7, 11) is 0. The summed E-state index contributed by atoms with van der Waals surface area (Å²) in [4.78, 5) is 30.7. The van der Waals surface area contributed by atoms with Gasteiger partial charge < -0.3 is 19.7 Å². The average Bonchev–Trinajstić information content (AvgIpc) is 2.91. The number of piperazine rings is 1. The quantitative estimate of drug-likeness (QED) is 0.588. The standard InChI is InChI=1S/C30H36N4O2/c1-30(2)22-33(29(36)34-18-15-31-20-27(34)24-11-7-4-8-12-24)17-14-26(30)21-32-16-13-25(19-28(32)35)23-9-5-3-6-10-23/h3-13,16,19,26-27,31H,14-15,17-18,20-22H2,1-2H3/t26?,27-/m0/s1. The van der Waals surface area contributed by atoms with E-state index in [1.54, 1.807) is 6.07 Å². The fourth-order valence-corrected chi connectivity index (χ4v) is 5.70. The highest BCUT2D eigenvalue weighted by molar-refractivity contribution is 5.75. The second-order valence-electron chi connectivity index (χ2n) is 10.8. The molecule has 0 bridgehead atoms. The normalized spacial score (nSPS) is 21.8. The van der Waals surface area contributed by atoms with Gasteiger partial charge in [0.2, 0.25) is 0 Å². The fourth-order valence-electron chi connectivity index (χ4n) is 5.70. The molecule has 2 atom stereocenters. The van der Waals surface area contributed by atoms with Gasteiger partial charge in [0.05, 0.1) is 6.04 Å². The van der Waals surface area contributed by atoms with E-state index in [1.807, 2.05) is 75.2 Å². The minimum atomic E-state index is -0.0955. The number of piperidine rings is 1. The molecule has 188 valence electrons. The van der Waals surface area contributed by atoms with Gasteiger partial charge in [0.25, 0.3) is 5.56 Å². The highest BCUT2D eigenvalue weighted by Gasteiger charge is 2.40. The van der Waals surface area contributed by atoms with E-state index in [2.05, 4.69) is 31.3 Å². The van der Waals surface area contributed by atoms with Crippen LogP contribution >= 0.6 is 0 Å². The Morgan fingerprint density at radius 2 is 1.69 bits per heavy atom. The zero-order valence-electron chi connectivity index (χ0n) is 21.3. The van der Waals surface area contributed by atoms with Gasteiger partial charge in [-0.05, 0) is 40.5 Å². The van der Waals surface area contributed by atoms with Crippen LogP contribution in [-0.2, 0) is 6.54 Å². The second kappa shape index (κ2) is 10.3. The van der Waals surface area contributed by atoms with Crippen molar-refractivity contribution in [2.24, 2.45) is 11.3 Å². The summed E-state index contributed by atoms with van der Waals surface area (Å²) < 4.78 is 1.83. The Kier molecular flexibility index (Phi) is 6.97. The molecule has 3 heterocycles. The number of nitrogens with zero attached hydrogens (tertiary/aromatic N) is 3. The molecule has 2 fully saturated rings. The molecule has 2 saturated heterocycles. The van der Waals surface area contributed by atoms with Gasteiger partial charge in [0.1, 0.15) is 0 Å². The number of hydrogen-bond acceptors (Lipinski definition) is 3. The van der Waals surface area contributed by atoms with Gasteiger partial charge in [-0.15, -0.1) is 0 Å². The van der Waals surface area contributed by atoms with Crippen molar-refractivity contribution in [1.29, 1.82) is 0 Å². The van der Waals surface area contributed by atoms with Gasteiger partial charge in [-0.2, -0.15) is 0 Å². The molecular formula is C30H36N4O2. The summed E-state index contributed by atoms with van der Waals surface area (Å²) in [6.07, 6.45) is 2.80. The molecule has 1 unspecified atom stereocenters. The number of nitrogens with one attached hydrogen (secondary N) is 1. The van der Waals surface area contributed by atoms with Crippen molar-refractivity contribution in [1.82, 2.24) is 19.7 Å². The zero-order valence-corrected chi connectivity index (χ0v) is 21.3. The SMILES string of the molecule is CC1(C)CN(C(=O)N2CCNC[C@H]2c2ccccc2)CCC1Cn1ccc(-c2ccccc2)cc1=O. The van der Waals surface area contributed by atoms with Crippen molar-refractivity contribution in [3.8, 4) is 11.1 Å². The third kappa shape index (κ3) is 5.09. The van der Waals surface area contributed by atoms with Crippen LogP contribution < -0.4 is 10.9 Å². The van der Waals surface area contributed by atoms with Crippen LogP contribution in [0.4, 0.5) is 4.79 Å². The average molecular weight is 485 g/mol. The maximum atomic E-state index is 13.7. The number of rotatable bonds is 4. The lowest BCUT2D eigenvalue weighted by Crippen LogP contribution is -2.57. The van der Waals surface area contributed by atoms with E-state index in [9.17, 15) is 9.59 Å². The van der Waals surface area contributed by atoms with Crippen LogP contribution in [-0.4, -0.2) is 53.1 Å². The molecule has 2 aliphatic heterocycles. The molecule has 0 radical (unpaired) electrons. The van der Waals surface area contributed by atoms with Gasteiger partial charge in [0.15, 0.2) is 0 Å². The van der Waals surface area contributed by atoms with Crippen LogP contribution in [0, 0.1) is 11.3 Å². The van der Waals surface area contributed by atoms with Crippen LogP contribution in [0.15, 0.2) is 83.8 Å². The summed E-state index contributed by atoms with van der Waals surface area (Å²) in [6, 6.07) is 24.2. The first-order valence-corrected chi connectivity index (χ1v) is 13.0. The number of likely N-dealkylation sites (tertiary alicyclic amines) is 1. The molecule has 1 aromatic heterocycles. The first kappa shape index (κ1) is 24.3. The maximum absolute atomic E-state index is 13.7. The number of pyridine rings is 1. The molecule has 2 amide bonds. The molecule has 3 aromatic rings. The predicted octanol–water partition coefficient (Wildman–Crippen LogP) is 4.63. The zero-order chi connectivity index (χ0) is 25.1. The van der Waals surface area contributed by atoms with Gasteiger partial charge in [-0.1, -0.05) is 74.5 Å². The minimum absolute atomic E-state index is 0.0252. The van der Waals surface area contributed by atoms with Crippen LogP contribution in [0.2, 0.25) is 0 Å². The van der Waals surface area contributed by atoms with E-state index in [1.165, 1.54) is 5.56 Å². The monoisotopic (exact) mass is 484 g/mol. The molecule has 2 aliphatic rings. The van der Waals surface area contributed by atoms with Gasteiger partial charge in [0, 0.05) is 51.5 Å². The molecule has 6 heteroatoms. The number of benzene rings is 2. The lowest BCUT2D eigenvalue weighted by atomic mass is 9.74. The Morgan fingerprint density at radius 1 is 0.972 bits per heavy atom. The Morgan fingerprint density at radius 3 is 2.39 bits per heavy atom. The van der Waals surface area contributed by atoms with Crippen LogP contribution in [0.1, 0.15) is 31.9 Å². The molecule has 0 aliphatic carbocycles. The van der Waals surface area contributed by atoms with E-state index in [4.69, 9.17) is 0 Å². The number of aromatic nitrogens is 1. The number of amides is 2. The van der Waals surface area contributed by atoms with E-state index < -0.39 is 0 Å². The van der Waals surface area contributed by atoms with Crippen LogP contribution in [0.25, 0.3) is 11.1 Å².